The molecule has 1 aromatic heterocycles. The molecule has 1 saturated heterocycles. The number of thiazole rings is 1. The van der Waals surface area contributed by atoms with Gasteiger partial charge in [0, 0.05) is 18.5 Å². The predicted molar refractivity (Wildman–Crippen MR) is 64.7 cm³/mol. The van der Waals surface area contributed by atoms with Gasteiger partial charge in [-0.15, -0.1) is 11.3 Å². The van der Waals surface area contributed by atoms with Crippen LogP contribution in [0.5, 0.6) is 0 Å². The average Bonchev–Trinajstić information content (AvgIpc) is 2.79. The Hall–Kier alpha value is -0.940. The maximum atomic E-state index is 11.6. The topological polar surface area (TPSA) is 45.2 Å². The van der Waals surface area contributed by atoms with Crippen molar-refractivity contribution < 1.29 is 4.79 Å². The first kappa shape index (κ1) is 11.5. The lowest BCUT2D eigenvalue weighted by molar-refractivity contribution is 0.0932. The highest BCUT2D eigenvalue weighted by Gasteiger charge is 2.18. The van der Waals surface area contributed by atoms with Crippen molar-refractivity contribution in [3.05, 3.63) is 16.6 Å². The van der Waals surface area contributed by atoms with Gasteiger partial charge in [0.15, 0.2) is 0 Å². The number of carbonyl (C=O) groups excluding carboxylic acids is 1. The van der Waals surface area contributed by atoms with Crippen molar-refractivity contribution in [1.29, 1.82) is 0 Å². The van der Waals surface area contributed by atoms with Crippen LogP contribution < -0.4 is 5.32 Å². The molecule has 4 nitrogen and oxygen atoms in total. The van der Waals surface area contributed by atoms with E-state index in [9.17, 15) is 4.79 Å². The Morgan fingerprint density at radius 1 is 1.75 bits per heavy atom. The number of likely N-dealkylation sites (tertiary alicyclic amines) is 1. The molecule has 0 radical (unpaired) electrons. The van der Waals surface area contributed by atoms with Gasteiger partial charge in [-0.25, -0.2) is 4.98 Å². The molecule has 88 valence electrons. The standard InChI is InChI=1S/C11H17N3OS/c1-14-4-2-3-9(6-14)5-12-11(15)10-7-16-8-13-10/h7-9H,2-6H2,1H3,(H,12,15). The molecule has 1 N–H and O–H groups in total. The number of carbonyl (C=O) groups is 1. The minimum absolute atomic E-state index is 0.0468. The van der Waals surface area contributed by atoms with Crippen LogP contribution in [0.3, 0.4) is 0 Å². The van der Waals surface area contributed by atoms with Crippen LogP contribution in [0.25, 0.3) is 0 Å². The highest BCUT2D eigenvalue weighted by Crippen LogP contribution is 2.14. The summed E-state index contributed by atoms with van der Waals surface area (Å²) < 4.78 is 0. The number of aromatic nitrogens is 1. The summed E-state index contributed by atoms with van der Waals surface area (Å²) in [5.41, 5.74) is 2.22. The van der Waals surface area contributed by atoms with Crippen LogP contribution in [0.1, 0.15) is 23.3 Å². The Labute approximate surface area is 99.7 Å². The van der Waals surface area contributed by atoms with Crippen molar-refractivity contribution in [2.75, 3.05) is 26.7 Å². The molecule has 16 heavy (non-hydrogen) atoms. The molecular weight excluding hydrogens is 222 g/mol. The molecule has 1 aromatic rings. The first-order valence-corrected chi connectivity index (χ1v) is 6.55. The largest absolute Gasteiger partial charge is 0.350 e. The summed E-state index contributed by atoms with van der Waals surface area (Å²) in [5.74, 6) is 0.538. The fourth-order valence-electron chi connectivity index (χ4n) is 2.09. The predicted octanol–water partition coefficient (Wildman–Crippen LogP) is 1.21. The van der Waals surface area contributed by atoms with Crippen molar-refractivity contribution in [2.45, 2.75) is 12.8 Å². The lowest BCUT2D eigenvalue weighted by Gasteiger charge is -2.29. The third-order valence-corrected chi connectivity index (χ3v) is 3.52. The van der Waals surface area contributed by atoms with Crippen LogP contribution in [0.2, 0.25) is 0 Å². The van der Waals surface area contributed by atoms with Crippen molar-refractivity contribution in [1.82, 2.24) is 15.2 Å². The molecule has 1 amide bonds. The number of nitrogens with one attached hydrogen (secondary N) is 1. The summed E-state index contributed by atoms with van der Waals surface area (Å²) >= 11 is 1.45. The molecule has 1 fully saturated rings. The summed E-state index contributed by atoms with van der Waals surface area (Å²) in [4.78, 5) is 18.0. The SMILES string of the molecule is CN1CCCC(CNC(=O)c2cscn2)C1. The highest BCUT2D eigenvalue weighted by molar-refractivity contribution is 7.07. The van der Waals surface area contributed by atoms with Gasteiger partial charge in [-0.3, -0.25) is 4.79 Å². The van der Waals surface area contributed by atoms with Gasteiger partial charge in [-0.05, 0) is 32.4 Å². The van der Waals surface area contributed by atoms with Gasteiger partial charge in [0.2, 0.25) is 0 Å². The molecule has 0 aromatic carbocycles. The molecular formula is C11H17N3OS. The summed E-state index contributed by atoms with van der Waals surface area (Å²) in [7, 11) is 2.13. The molecule has 5 heteroatoms. The first-order valence-electron chi connectivity index (χ1n) is 5.60. The highest BCUT2D eigenvalue weighted by atomic mass is 32.1. The van der Waals surface area contributed by atoms with Gasteiger partial charge in [0.05, 0.1) is 5.51 Å². The summed E-state index contributed by atoms with van der Waals surface area (Å²) in [6.45, 7) is 3.02. The molecule has 2 rings (SSSR count). The van der Waals surface area contributed by atoms with E-state index in [1.54, 1.807) is 10.9 Å². The van der Waals surface area contributed by atoms with Crippen LogP contribution in [0, 0.1) is 5.92 Å². The lowest BCUT2D eigenvalue weighted by Crippen LogP contribution is -2.39. The number of nitrogens with zero attached hydrogens (tertiary/aromatic N) is 2. The van der Waals surface area contributed by atoms with E-state index >= 15 is 0 Å². The maximum absolute atomic E-state index is 11.6. The molecule has 1 aliphatic rings. The monoisotopic (exact) mass is 239 g/mol. The van der Waals surface area contributed by atoms with E-state index in [4.69, 9.17) is 0 Å². The van der Waals surface area contributed by atoms with E-state index < -0.39 is 0 Å². The normalized spacial score (nSPS) is 21.9. The van der Waals surface area contributed by atoms with Gasteiger partial charge in [0.25, 0.3) is 5.91 Å². The molecule has 1 unspecified atom stereocenters. The van der Waals surface area contributed by atoms with Crippen LogP contribution in [-0.4, -0.2) is 42.5 Å². The Bertz CT molecular complexity index is 339. The summed E-state index contributed by atoms with van der Waals surface area (Å²) in [6, 6.07) is 0. The van der Waals surface area contributed by atoms with Crippen LogP contribution >= 0.6 is 11.3 Å². The number of piperidine rings is 1. The van der Waals surface area contributed by atoms with E-state index in [0.29, 0.717) is 11.6 Å². The van der Waals surface area contributed by atoms with Crippen LogP contribution in [0.15, 0.2) is 10.9 Å². The Morgan fingerprint density at radius 3 is 3.31 bits per heavy atom. The number of hydrogen-bond donors (Lipinski definition) is 1. The van der Waals surface area contributed by atoms with Crippen molar-refractivity contribution in [3.63, 3.8) is 0 Å². The molecule has 1 atom stereocenters. The van der Waals surface area contributed by atoms with E-state index in [-0.39, 0.29) is 5.91 Å². The Kier molecular flexibility index (Phi) is 3.90. The fraction of sp³-hybridized carbons (Fsp3) is 0.636. The zero-order valence-corrected chi connectivity index (χ0v) is 10.3. The number of amides is 1. The van der Waals surface area contributed by atoms with Gasteiger partial charge >= 0.3 is 0 Å². The second kappa shape index (κ2) is 5.41. The molecule has 0 aliphatic carbocycles. The summed E-state index contributed by atoms with van der Waals surface area (Å²) in [6.07, 6.45) is 2.44. The molecule has 0 spiro atoms. The Balaban J connectivity index is 1.77. The number of hydrogen-bond acceptors (Lipinski definition) is 4. The third kappa shape index (κ3) is 3.02. The first-order chi connectivity index (χ1) is 7.75. The molecule has 0 saturated carbocycles. The second-order valence-electron chi connectivity index (χ2n) is 4.35. The van der Waals surface area contributed by atoms with E-state index in [2.05, 4.69) is 22.2 Å². The summed E-state index contributed by atoms with van der Waals surface area (Å²) in [5, 5.41) is 4.73. The van der Waals surface area contributed by atoms with Gasteiger partial charge in [-0.1, -0.05) is 0 Å². The molecule has 0 bridgehead atoms. The second-order valence-corrected chi connectivity index (χ2v) is 5.07. The molecule has 2 heterocycles. The smallest absolute Gasteiger partial charge is 0.270 e. The average molecular weight is 239 g/mol. The van der Waals surface area contributed by atoms with Crippen molar-refractivity contribution in [3.8, 4) is 0 Å². The lowest BCUT2D eigenvalue weighted by atomic mass is 9.98. The van der Waals surface area contributed by atoms with Gasteiger partial charge in [0.1, 0.15) is 5.69 Å². The minimum atomic E-state index is -0.0468. The van der Waals surface area contributed by atoms with E-state index in [1.165, 1.54) is 30.7 Å². The number of rotatable bonds is 3. The van der Waals surface area contributed by atoms with E-state index in [0.717, 1.165) is 13.1 Å². The minimum Gasteiger partial charge on any atom is -0.350 e. The zero-order valence-electron chi connectivity index (χ0n) is 9.48. The quantitative estimate of drug-likeness (QED) is 0.862. The maximum Gasteiger partial charge on any atom is 0.270 e. The van der Waals surface area contributed by atoms with Gasteiger partial charge < -0.3 is 10.2 Å². The zero-order chi connectivity index (χ0) is 11.4. The fourth-order valence-corrected chi connectivity index (χ4v) is 2.62. The van der Waals surface area contributed by atoms with E-state index in [1.807, 2.05) is 0 Å². The molecule has 1 aliphatic heterocycles. The van der Waals surface area contributed by atoms with Crippen LogP contribution in [0.4, 0.5) is 0 Å². The van der Waals surface area contributed by atoms with Crippen molar-refractivity contribution in [2.24, 2.45) is 5.92 Å². The van der Waals surface area contributed by atoms with Crippen molar-refractivity contribution >= 4 is 17.2 Å². The Morgan fingerprint density at radius 2 is 2.62 bits per heavy atom. The third-order valence-electron chi connectivity index (χ3n) is 2.94. The van der Waals surface area contributed by atoms with Crippen LogP contribution in [-0.2, 0) is 0 Å². The van der Waals surface area contributed by atoms with Gasteiger partial charge in [-0.2, -0.15) is 0 Å².